The molecule has 0 radical (unpaired) electrons. The number of carbonyl (C=O) groups is 1. The summed E-state index contributed by atoms with van der Waals surface area (Å²) >= 11 is 0. The lowest BCUT2D eigenvalue weighted by molar-refractivity contribution is -0.0339. The smallest absolute Gasteiger partial charge is 0.340 e. The molecule has 2 aromatic heterocycles. The van der Waals surface area contributed by atoms with Gasteiger partial charge in [0.1, 0.15) is 17.9 Å². The number of pyridine rings is 1. The van der Waals surface area contributed by atoms with E-state index in [-0.39, 0.29) is 24.2 Å². The molecule has 0 amide bonds. The van der Waals surface area contributed by atoms with Crippen molar-refractivity contribution in [2.24, 2.45) is 0 Å². The van der Waals surface area contributed by atoms with E-state index in [2.05, 4.69) is 16.4 Å². The average Bonchev–Trinajstić information content (AvgIpc) is 3.13. The minimum Gasteiger partial charge on any atom is -0.459 e. The maximum absolute atomic E-state index is 13.1. The van der Waals surface area contributed by atoms with Crippen LogP contribution in [-0.4, -0.2) is 46.9 Å². The molecule has 0 saturated carbocycles. The van der Waals surface area contributed by atoms with Crippen LogP contribution in [-0.2, 0) is 9.47 Å². The van der Waals surface area contributed by atoms with Crippen molar-refractivity contribution in [2.45, 2.75) is 31.0 Å². The van der Waals surface area contributed by atoms with Gasteiger partial charge in [-0.1, -0.05) is 18.2 Å². The van der Waals surface area contributed by atoms with Gasteiger partial charge in [-0.05, 0) is 18.2 Å². The first kappa shape index (κ1) is 17.9. The van der Waals surface area contributed by atoms with Gasteiger partial charge in [0.15, 0.2) is 0 Å². The Morgan fingerprint density at radius 3 is 2.83 bits per heavy atom. The van der Waals surface area contributed by atoms with Gasteiger partial charge in [-0.25, -0.2) is 9.78 Å². The molecule has 7 nitrogen and oxygen atoms in total. The van der Waals surface area contributed by atoms with Gasteiger partial charge in [0.05, 0.1) is 24.3 Å². The number of piperidine rings is 1. The van der Waals surface area contributed by atoms with Crippen LogP contribution in [0.15, 0.2) is 48.8 Å². The molecule has 146 valence electrons. The number of aromatic nitrogens is 2. The second-order valence-corrected chi connectivity index (χ2v) is 7.54. The molecule has 2 aliphatic heterocycles. The van der Waals surface area contributed by atoms with Crippen LogP contribution in [0, 0.1) is 11.3 Å². The van der Waals surface area contributed by atoms with Gasteiger partial charge in [-0.3, -0.25) is 0 Å². The number of hydrogen-bond donors (Lipinski definition) is 1. The maximum atomic E-state index is 13.1. The number of nitrogens with zero attached hydrogens (tertiary/aromatic N) is 3. The van der Waals surface area contributed by atoms with Crippen LogP contribution in [0.4, 0.5) is 0 Å². The summed E-state index contributed by atoms with van der Waals surface area (Å²) in [5.74, 6) is -0.319. The Labute approximate surface area is 167 Å². The molecular formula is C22H20N4O3. The highest BCUT2D eigenvalue weighted by Gasteiger charge is 2.34. The van der Waals surface area contributed by atoms with Crippen LogP contribution in [0.1, 0.15) is 28.9 Å². The van der Waals surface area contributed by atoms with Crippen molar-refractivity contribution in [3.63, 3.8) is 0 Å². The lowest BCUT2D eigenvalue weighted by Crippen LogP contribution is -2.56. The Hall–Kier alpha value is -3.21. The number of esters is 1. The number of benzene rings is 1. The van der Waals surface area contributed by atoms with Crippen LogP contribution in [0.25, 0.3) is 16.6 Å². The number of morpholine rings is 1. The second-order valence-electron chi connectivity index (χ2n) is 7.54. The molecule has 3 aromatic rings. The van der Waals surface area contributed by atoms with E-state index < -0.39 is 0 Å². The summed E-state index contributed by atoms with van der Waals surface area (Å²) in [5, 5.41) is 13.5. The summed E-state index contributed by atoms with van der Waals surface area (Å²) in [4.78, 5) is 17.1. The van der Waals surface area contributed by atoms with E-state index in [0.29, 0.717) is 24.5 Å². The van der Waals surface area contributed by atoms with Crippen LogP contribution in [0.5, 0.6) is 0 Å². The molecule has 0 aliphatic carbocycles. The molecule has 4 heterocycles. The van der Waals surface area contributed by atoms with E-state index in [9.17, 15) is 4.79 Å². The Balaban J connectivity index is 1.47. The van der Waals surface area contributed by atoms with Crippen LogP contribution in [0.2, 0.25) is 0 Å². The number of fused-ring (bicyclic) bond motifs is 3. The summed E-state index contributed by atoms with van der Waals surface area (Å²) in [6.45, 7) is 1.32. The molecule has 29 heavy (non-hydrogen) atoms. The first-order valence-electron chi connectivity index (χ1n) is 9.72. The highest BCUT2D eigenvalue weighted by molar-refractivity contribution is 6.05. The fraction of sp³-hybridized carbons (Fsp3) is 0.318. The summed E-state index contributed by atoms with van der Waals surface area (Å²) in [6.07, 6.45) is 4.79. The number of hydrogen-bond acceptors (Lipinski definition) is 6. The van der Waals surface area contributed by atoms with Crippen molar-refractivity contribution in [1.29, 1.82) is 5.26 Å². The monoisotopic (exact) mass is 388 g/mol. The molecule has 5 rings (SSSR count). The Morgan fingerprint density at radius 2 is 2.03 bits per heavy atom. The summed E-state index contributed by atoms with van der Waals surface area (Å²) in [6, 6.07) is 13.7. The van der Waals surface area contributed by atoms with Gasteiger partial charge in [0, 0.05) is 48.4 Å². The van der Waals surface area contributed by atoms with E-state index >= 15 is 0 Å². The van der Waals surface area contributed by atoms with Crippen LogP contribution in [0.3, 0.4) is 0 Å². The van der Waals surface area contributed by atoms with Gasteiger partial charge in [0.25, 0.3) is 0 Å². The molecule has 2 bridgehead atoms. The van der Waals surface area contributed by atoms with Crippen LogP contribution < -0.4 is 5.32 Å². The second kappa shape index (κ2) is 7.32. The van der Waals surface area contributed by atoms with Gasteiger partial charge in [-0.2, -0.15) is 5.26 Å². The molecule has 0 spiro atoms. The molecule has 2 saturated heterocycles. The standard InChI is InChI=1S/C22H20N4O3/c23-10-14-7-17(5-6-24-14)26-11-20(19-3-1-2-4-21(19)26)22(27)29-18-8-15-12-28-13-16(9-18)25-15/h1-7,11,15-16,18,25H,8-9,12-13H2/t15-,16+,18-. The minimum atomic E-state index is -0.319. The average molecular weight is 388 g/mol. The molecule has 2 fully saturated rings. The van der Waals surface area contributed by atoms with Crippen molar-refractivity contribution >= 4 is 16.9 Å². The van der Waals surface area contributed by atoms with Crippen molar-refractivity contribution in [3.8, 4) is 11.8 Å². The number of rotatable bonds is 3. The number of nitriles is 1. The van der Waals surface area contributed by atoms with Gasteiger partial charge in [0.2, 0.25) is 0 Å². The molecule has 3 atom stereocenters. The number of para-hydroxylation sites is 1. The Bertz CT molecular complexity index is 1100. The zero-order valence-corrected chi connectivity index (χ0v) is 15.7. The molecular weight excluding hydrogens is 368 g/mol. The van der Waals surface area contributed by atoms with Crippen molar-refractivity contribution in [1.82, 2.24) is 14.9 Å². The first-order chi connectivity index (χ1) is 14.2. The third kappa shape index (κ3) is 3.37. The maximum Gasteiger partial charge on any atom is 0.340 e. The first-order valence-corrected chi connectivity index (χ1v) is 9.72. The zero-order valence-electron chi connectivity index (χ0n) is 15.7. The Kier molecular flexibility index (Phi) is 4.51. The fourth-order valence-corrected chi connectivity index (χ4v) is 4.28. The third-order valence-electron chi connectivity index (χ3n) is 5.55. The van der Waals surface area contributed by atoms with E-state index in [1.54, 1.807) is 18.5 Å². The molecule has 1 aromatic carbocycles. The number of carbonyl (C=O) groups excluding carboxylic acids is 1. The molecule has 2 aliphatic rings. The lowest BCUT2D eigenvalue weighted by Gasteiger charge is -2.39. The van der Waals surface area contributed by atoms with Gasteiger partial charge in [-0.15, -0.1) is 0 Å². The summed E-state index contributed by atoms with van der Waals surface area (Å²) in [7, 11) is 0. The number of nitrogens with one attached hydrogen (secondary N) is 1. The van der Waals surface area contributed by atoms with Crippen molar-refractivity contribution < 1.29 is 14.3 Å². The molecule has 1 N–H and O–H groups in total. The largest absolute Gasteiger partial charge is 0.459 e. The lowest BCUT2D eigenvalue weighted by atomic mass is 9.94. The fourth-order valence-electron chi connectivity index (χ4n) is 4.28. The van der Waals surface area contributed by atoms with E-state index in [1.807, 2.05) is 34.9 Å². The predicted molar refractivity (Wildman–Crippen MR) is 106 cm³/mol. The van der Waals surface area contributed by atoms with Crippen LogP contribution >= 0.6 is 0 Å². The molecule has 7 heteroatoms. The zero-order chi connectivity index (χ0) is 19.8. The quantitative estimate of drug-likeness (QED) is 0.694. The van der Waals surface area contributed by atoms with Crippen molar-refractivity contribution in [2.75, 3.05) is 13.2 Å². The highest BCUT2D eigenvalue weighted by Crippen LogP contribution is 2.28. The normalized spacial score (nSPS) is 23.5. The predicted octanol–water partition coefficient (Wildman–Crippen LogP) is 2.57. The van der Waals surface area contributed by atoms with E-state index in [0.717, 1.165) is 29.4 Å². The summed E-state index contributed by atoms with van der Waals surface area (Å²) < 4.78 is 13.4. The van der Waals surface area contributed by atoms with Crippen molar-refractivity contribution in [3.05, 3.63) is 60.0 Å². The van der Waals surface area contributed by atoms with Gasteiger partial charge < -0.3 is 19.4 Å². The number of ether oxygens (including phenoxy) is 2. The third-order valence-corrected chi connectivity index (χ3v) is 5.55. The molecule has 0 unspecified atom stereocenters. The SMILES string of the molecule is N#Cc1cc(-n2cc(C(=O)O[C@H]3C[C@H]4COC[C@@H](C3)N4)c3ccccc32)ccn1. The Morgan fingerprint density at radius 1 is 1.24 bits per heavy atom. The summed E-state index contributed by atoms with van der Waals surface area (Å²) in [5.41, 5.74) is 2.51. The van der Waals surface area contributed by atoms with E-state index in [1.165, 1.54) is 0 Å². The van der Waals surface area contributed by atoms with Gasteiger partial charge >= 0.3 is 5.97 Å². The minimum absolute atomic E-state index is 0.115. The highest BCUT2D eigenvalue weighted by atomic mass is 16.5. The topological polar surface area (TPSA) is 89.2 Å². The van der Waals surface area contributed by atoms with E-state index in [4.69, 9.17) is 14.7 Å².